The van der Waals surface area contributed by atoms with Crippen LogP contribution in [0.2, 0.25) is 0 Å². The number of phosphoric acid groups is 1. The number of hydrogen-bond acceptors (Lipinski definition) is 10. The Morgan fingerprint density at radius 3 is 2.00 bits per heavy atom. The number of unbranched alkanes of at least 4 members (excludes halogenated alkanes) is 17. The number of aliphatic carboxylic acids is 1. The molecule has 0 aromatic carbocycles. The Labute approximate surface area is 266 Å². The highest BCUT2D eigenvalue weighted by molar-refractivity contribution is 7.47. The lowest BCUT2D eigenvalue weighted by Gasteiger charge is -2.24. The number of hydrogen-bond donors (Lipinski definition) is 4. The average Bonchev–Trinajstić information content (AvgIpc) is 3.60. The summed E-state index contributed by atoms with van der Waals surface area (Å²) in [6.45, 7) is 1.62. The normalized spacial score (nSPS) is 21.4. The summed E-state index contributed by atoms with van der Waals surface area (Å²) in [5.41, 5.74) is 4.03. The fraction of sp³-hybridized carbons (Fsp3) is 0.806. The number of nitrogen functional groups attached to an aromatic ring is 1. The van der Waals surface area contributed by atoms with Gasteiger partial charge in [0.1, 0.15) is 24.2 Å². The van der Waals surface area contributed by atoms with Gasteiger partial charge in [-0.2, -0.15) is 0 Å². The molecule has 2 aromatic rings. The molecule has 1 aliphatic rings. The van der Waals surface area contributed by atoms with Crippen LogP contribution in [0, 0.1) is 0 Å². The Kier molecular flexibility index (Phi) is 16.2. The van der Waals surface area contributed by atoms with Gasteiger partial charge in [0.2, 0.25) is 0 Å². The van der Waals surface area contributed by atoms with Crippen LogP contribution < -0.4 is 5.73 Å². The molecule has 0 aliphatic carbocycles. The van der Waals surface area contributed by atoms with Crippen LogP contribution in [0.25, 0.3) is 11.2 Å². The summed E-state index contributed by atoms with van der Waals surface area (Å²) < 4.78 is 29.7. The topological polar surface area (TPSA) is 192 Å². The Morgan fingerprint density at radius 1 is 0.933 bits per heavy atom. The zero-order chi connectivity index (χ0) is 32.5. The van der Waals surface area contributed by atoms with Gasteiger partial charge in [-0.25, -0.2) is 24.3 Å². The van der Waals surface area contributed by atoms with Crippen molar-refractivity contribution in [2.45, 2.75) is 147 Å². The number of anilines is 1. The number of phosphoric ester groups is 1. The SMILES string of the molecule is CCCCCCCCCCCCCCCCCCCCOP(=O)(O)OC[C@H]1O[C@@H](n2cnc3c(N)ncnc32)C[C@@]1(O)C(=O)O. The van der Waals surface area contributed by atoms with Gasteiger partial charge in [0.05, 0.1) is 19.5 Å². The quantitative estimate of drug-likeness (QED) is 0.0655. The summed E-state index contributed by atoms with van der Waals surface area (Å²) in [6, 6.07) is 0. The molecular weight excluding hydrogens is 601 g/mol. The number of rotatable bonds is 25. The number of ether oxygens (including phenoxy) is 1. The van der Waals surface area contributed by atoms with Gasteiger partial charge in [-0.05, 0) is 6.42 Å². The summed E-state index contributed by atoms with van der Waals surface area (Å²) >= 11 is 0. The molecule has 3 heterocycles. The van der Waals surface area contributed by atoms with Crippen molar-refractivity contribution >= 4 is 30.8 Å². The minimum Gasteiger partial charge on any atom is -0.479 e. The van der Waals surface area contributed by atoms with Crippen LogP contribution in [0.5, 0.6) is 0 Å². The highest BCUT2D eigenvalue weighted by Gasteiger charge is 2.55. The van der Waals surface area contributed by atoms with E-state index in [4.69, 9.17) is 19.5 Å². The number of aromatic nitrogens is 4. The van der Waals surface area contributed by atoms with E-state index < -0.39 is 38.3 Å². The molecule has 1 fully saturated rings. The van der Waals surface area contributed by atoms with E-state index in [2.05, 4.69) is 21.9 Å². The highest BCUT2D eigenvalue weighted by Crippen LogP contribution is 2.46. The monoisotopic (exact) mass is 655 g/mol. The van der Waals surface area contributed by atoms with E-state index in [9.17, 15) is 24.5 Å². The van der Waals surface area contributed by atoms with Crippen LogP contribution in [-0.4, -0.2) is 65.5 Å². The second-order valence-electron chi connectivity index (χ2n) is 12.2. The lowest BCUT2D eigenvalue weighted by atomic mass is 9.95. The van der Waals surface area contributed by atoms with E-state index >= 15 is 0 Å². The number of carbonyl (C=O) groups is 1. The molecule has 1 aliphatic heterocycles. The third-order valence-corrected chi connectivity index (χ3v) is 9.53. The lowest BCUT2D eigenvalue weighted by molar-refractivity contribution is -0.166. The first-order valence-corrected chi connectivity index (χ1v) is 18.3. The Hall–Kier alpha value is -2.15. The van der Waals surface area contributed by atoms with Crippen LogP contribution >= 0.6 is 7.82 Å². The number of carboxylic acids is 1. The van der Waals surface area contributed by atoms with E-state index in [0.29, 0.717) is 17.6 Å². The van der Waals surface area contributed by atoms with Gasteiger partial charge in [0.15, 0.2) is 17.1 Å². The molecule has 14 heteroatoms. The Morgan fingerprint density at radius 2 is 1.47 bits per heavy atom. The summed E-state index contributed by atoms with van der Waals surface area (Å²) in [4.78, 5) is 34.2. The number of imidazole rings is 1. The van der Waals surface area contributed by atoms with E-state index in [1.165, 1.54) is 107 Å². The molecule has 2 aromatic heterocycles. The molecule has 4 atom stereocenters. The van der Waals surface area contributed by atoms with E-state index in [1.807, 2.05) is 0 Å². The first kappa shape index (κ1) is 37.3. The minimum absolute atomic E-state index is 0.0337. The van der Waals surface area contributed by atoms with Crippen molar-refractivity contribution in [2.24, 2.45) is 0 Å². The van der Waals surface area contributed by atoms with Crippen LogP contribution in [0.4, 0.5) is 5.82 Å². The molecule has 1 unspecified atom stereocenters. The molecule has 13 nitrogen and oxygen atoms in total. The molecule has 256 valence electrons. The van der Waals surface area contributed by atoms with Gasteiger partial charge in [-0.15, -0.1) is 0 Å². The third kappa shape index (κ3) is 12.2. The molecule has 0 saturated carbocycles. The van der Waals surface area contributed by atoms with Crippen molar-refractivity contribution in [3.63, 3.8) is 0 Å². The molecule has 3 rings (SSSR count). The van der Waals surface area contributed by atoms with Crippen molar-refractivity contribution in [3.8, 4) is 0 Å². The van der Waals surface area contributed by atoms with Crippen molar-refractivity contribution in [1.29, 1.82) is 0 Å². The zero-order valence-electron chi connectivity index (χ0n) is 26.9. The maximum absolute atomic E-state index is 12.4. The number of carboxylic acid groups (broad SMARTS) is 1. The van der Waals surface area contributed by atoms with Crippen LogP contribution in [0.15, 0.2) is 12.7 Å². The van der Waals surface area contributed by atoms with Crippen molar-refractivity contribution < 1.29 is 38.3 Å². The fourth-order valence-electron chi connectivity index (χ4n) is 5.78. The molecular formula is C31H54N5O8P. The first-order valence-electron chi connectivity index (χ1n) is 16.8. The van der Waals surface area contributed by atoms with E-state index in [-0.39, 0.29) is 18.8 Å². The maximum atomic E-state index is 12.4. The average molecular weight is 656 g/mol. The van der Waals surface area contributed by atoms with Crippen molar-refractivity contribution in [2.75, 3.05) is 18.9 Å². The predicted molar refractivity (Wildman–Crippen MR) is 171 cm³/mol. The van der Waals surface area contributed by atoms with Gasteiger partial charge in [-0.1, -0.05) is 116 Å². The molecule has 0 spiro atoms. The fourth-order valence-corrected chi connectivity index (χ4v) is 6.54. The molecule has 1 saturated heterocycles. The molecule has 0 radical (unpaired) electrons. The summed E-state index contributed by atoms with van der Waals surface area (Å²) in [5, 5.41) is 20.6. The van der Waals surface area contributed by atoms with Crippen LogP contribution in [0.3, 0.4) is 0 Å². The molecule has 0 amide bonds. The standard InChI is InChI=1S/C31H54N5O8P/c1-2-3-4-5-6-7-8-9-10-11-12-13-14-15-16-17-18-19-20-42-45(40,41)43-22-25-31(39,30(37)38)21-26(44-25)36-24-35-27-28(32)33-23-34-29(27)36/h23-26,39H,2-22H2,1H3,(H,37,38)(H,40,41)(H2,32,33,34)/t25-,26-,31+/m1/s1. The summed E-state index contributed by atoms with van der Waals surface area (Å²) in [6.07, 6.45) is 22.2. The molecule has 45 heavy (non-hydrogen) atoms. The number of nitrogens with zero attached hydrogens (tertiary/aromatic N) is 4. The van der Waals surface area contributed by atoms with Crippen molar-refractivity contribution in [3.05, 3.63) is 12.7 Å². The van der Waals surface area contributed by atoms with Gasteiger partial charge in [0.25, 0.3) is 0 Å². The highest BCUT2D eigenvalue weighted by atomic mass is 31.2. The van der Waals surface area contributed by atoms with Gasteiger partial charge in [0, 0.05) is 6.42 Å². The largest absolute Gasteiger partial charge is 0.479 e. The third-order valence-electron chi connectivity index (χ3n) is 8.55. The minimum atomic E-state index is -4.49. The van der Waals surface area contributed by atoms with Gasteiger partial charge >= 0.3 is 13.8 Å². The second kappa shape index (κ2) is 19.5. The number of nitrogens with two attached hydrogens (primary N) is 1. The Bertz CT molecular complexity index is 1200. The summed E-state index contributed by atoms with van der Waals surface area (Å²) in [7, 11) is -4.49. The zero-order valence-corrected chi connectivity index (χ0v) is 27.7. The van der Waals surface area contributed by atoms with E-state index in [1.54, 1.807) is 0 Å². The maximum Gasteiger partial charge on any atom is 0.472 e. The number of aliphatic hydroxyl groups is 1. The van der Waals surface area contributed by atoms with Gasteiger partial charge in [-0.3, -0.25) is 13.6 Å². The first-order chi connectivity index (χ1) is 21.7. The lowest BCUT2D eigenvalue weighted by Crippen LogP contribution is -2.48. The molecule has 0 bridgehead atoms. The summed E-state index contributed by atoms with van der Waals surface area (Å²) in [5.74, 6) is -1.41. The van der Waals surface area contributed by atoms with Crippen LogP contribution in [0.1, 0.15) is 135 Å². The van der Waals surface area contributed by atoms with E-state index in [0.717, 1.165) is 19.3 Å². The van der Waals surface area contributed by atoms with Crippen LogP contribution in [-0.2, 0) is 23.1 Å². The van der Waals surface area contributed by atoms with Gasteiger partial charge < -0.3 is 25.6 Å². The van der Waals surface area contributed by atoms with Crippen molar-refractivity contribution in [1.82, 2.24) is 19.5 Å². The smallest absolute Gasteiger partial charge is 0.472 e. The second-order valence-corrected chi connectivity index (χ2v) is 13.7. The number of fused-ring (bicyclic) bond motifs is 1. The predicted octanol–water partition coefficient (Wildman–Crippen LogP) is 6.69. The Balaban J connectivity index is 1.23. The molecule has 5 N–H and O–H groups in total.